The number of nitrogens with one attached hydrogen (secondary N) is 6. The number of fused-ring (bicyclic) bond motifs is 1. The molecule has 11 nitrogen and oxygen atoms in total. The van der Waals surface area contributed by atoms with Crippen LogP contribution in [0, 0.1) is 0 Å². The van der Waals surface area contributed by atoms with E-state index in [1.54, 1.807) is 6.92 Å². The highest BCUT2D eigenvalue weighted by Crippen LogP contribution is 2.19. The predicted octanol–water partition coefficient (Wildman–Crippen LogP) is 0.222. The topological polar surface area (TPSA) is 170 Å². The van der Waals surface area contributed by atoms with Gasteiger partial charge in [-0.3, -0.25) is 19.8 Å². The van der Waals surface area contributed by atoms with Gasteiger partial charge in [0.15, 0.2) is 0 Å². The van der Waals surface area contributed by atoms with Crippen molar-refractivity contribution < 1.29 is 19.2 Å². The van der Waals surface area contributed by atoms with E-state index < -0.39 is 18.1 Å². The van der Waals surface area contributed by atoms with Crippen LogP contribution in [-0.4, -0.2) is 60.8 Å². The fourth-order valence-corrected chi connectivity index (χ4v) is 3.54. The van der Waals surface area contributed by atoms with Crippen LogP contribution in [0.4, 0.5) is 4.79 Å². The Balaban J connectivity index is 2.09. The van der Waals surface area contributed by atoms with Crippen molar-refractivity contribution >= 4 is 34.5 Å². The van der Waals surface area contributed by atoms with E-state index in [9.17, 15) is 19.2 Å². The number of nitrogens with two attached hydrogens (primary N) is 1. The average Bonchev–Trinajstić information content (AvgIpc) is 3.24. The molecule has 0 radical (unpaired) electrons. The van der Waals surface area contributed by atoms with Crippen LogP contribution in [0.5, 0.6) is 0 Å². The number of rotatable bonds is 15. The van der Waals surface area contributed by atoms with E-state index in [1.165, 1.54) is 7.05 Å². The van der Waals surface area contributed by atoms with Crippen molar-refractivity contribution in [3.8, 4) is 0 Å². The highest BCUT2D eigenvalue weighted by atomic mass is 16.2. The maximum Gasteiger partial charge on any atom is 0.312 e. The van der Waals surface area contributed by atoms with Crippen molar-refractivity contribution in [2.45, 2.75) is 51.1 Å². The molecule has 0 spiro atoms. The SMILES string of the molecule is CCC(=O)CCNN[C@@H](Cc1c[nH]c2ccccc12)C(=O)N[C@@H](CCCNC(N)=O)C(=O)NC. The lowest BCUT2D eigenvalue weighted by molar-refractivity contribution is -0.130. The van der Waals surface area contributed by atoms with Gasteiger partial charge in [-0.25, -0.2) is 10.2 Å². The van der Waals surface area contributed by atoms with Crippen molar-refractivity contribution in [1.82, 2.24) is 31.8 Å². The van der Waals surface area contributed by atoms with Gasteiger partial charge in [-0.2, -0.15) is 0 Å². The molecule has 0 saturated carbocycles. The van der Waals surface area contributed by atoms with Crippen LogP contribution < -0.4 is 32.5 Å². The number of Topliss-reactive ketones (excluding diaryl/α,β-unsaturated/α-hetero) is 1. The van der Waals surface area contributed by atoms with Crippen LogP contribution in [-0.2, 0) is 20.8 Å². The first kappa shape index (κ1) is 26.8. The molecule has 0 bridgehead atoms. The molecule has 1 aromatic heterocycles. The number of hydrogen-bond acceptors (Lipinski definition) is 6. The minimum Gasteiger partial charge on any atom is -0.361 e. The molecule has 0 aliphatic rings. The maximum atomic E-state index is 13.2. The molecule has 2 rings (SSSR count). The molecular weight excluding hydrogens is 438 g/mol. The first-order valence-corrected chi connectivity index (χ1v) is 11.5. The summed E-state index contributed by atoms with van der Waals surface area (Å²) in [7, 11) is 1.50. The summed E-state index contributed by atoms with van der Waals surface area (Å²) < 4.78 is 0. The normalized spacial score (nSPS) is 12.6. The van der Waals surface area contributed by atoms with E-state index in [0.29, 0.717) is 45.2 Å². The molecule has 4 amide bonds. The Morgan fingerprint density at radius 3 is 2.53 bits per heavy atom. The minimum absolute atomic E-state index is 0.121. The summed E-state index contributed by atoms with van der Waals surface area (Å²) in [6, 6.07) is 5.67. The fourth-order valence-electron chi connectivity index (χ4n) is 3.54. The Labute approximate surface area is 199 Å². The van der Waals surface area contributed by atoms with Gasteiger partial charge in [0.05, 0.1) is 0 Å². The second-order valence-electron chi connectivity index (χ2n) is 7.94. The molecule has 0 aliphatic carbocycles. The van der Waals surface area contributed by atoms with Gasteiger partial charge in [-0.15, -0.1) is 0 Å². The largest absolute Gasteiger partial charge is 0.361 e. The Kier molecular flexibility index (Phi) is 11.0. The average molecular weight is 474 g/mol. The molecule has 2 atom stereocenters. The number of urea groups is 1. The van der Waals surface area contributed by atoms with Crippen LogP contribution in [0.3, 0.4) is 0 Å². The van der Waals surface area contributed by atoms with E-state index in [1.807, 2.05) is 30.5 Å². The summed E-state index contributed by atoms with van der Waals surface area (Å²) in [4.78, 5) is 51.2. The number of carbonyl (C=O) groups is 4. The number of benzene rings is 1. The lowest BCUT2D eigenvalue weighted by Crippen LogP contribution is -2.56. The molecule has 0 saturated heterocycles. The van der Waals surface area contributed by atoms with E-state index in [-0.39, 0.29) is 17.6 Å². The Morgan fingerprint density at radius 2 is 1.82 bits per heavy atom. The zero-order valence-electron chi connectivity index (χ0n) is 19.7. The number of hydrogen-bond donors (Lipinski definition) is 7. The lowest BCUT2D eigenvalue weighted by atomic mass is 10.0. The zero-order valence-corrected chi connectivity index (χ0v) is 19.7. The van der Waals surface area contributed by atoms with E-state index in [2.05, 4.69) is 31.8 Å². The second kappa shape index (κ2) is 14.0. The number of aromatic nitrogens is 1. The molecule has 2 aromatic rings. The molecule has 0 aliphatic heterocycles. The summed E-state index contributed by atoms with van der Waals surface area (Å²) in [5.41, 5.74) is 13.0. The van der Waals surface area contributed by atoms with Gasteiger partial charge >= 0.3 is 6.03 Å². The summed E-state index contributed by atoms with van der Waals surface area (Å²) >= 11 is 0. The van der Waals surface area contributed by atoms with Gasteiger partial charge in [-0.05, 0) is 24.5 Å². The van der Waals surface area contributed by atoms with Gasteiger partial charge < -0.3 is 26.7 Å². The Bertz CT molecular complexity index is 975. The van der Waals surface area contributed by atoms with E-state index in [4.69, 9.17) is 5.73 Å². The van der Waals surface area contributed by atoms with Crippen molar-refractivity contribution in [1.29, 1.82) is 0 Å². The predicted molar refractivity (Wildman–Crippen MR) is 130 cm³/mol. The lowest BCUT2D eigenvalue weighted by Gasteiger charge is -2.23. The molecule has 1 aromatic carbocycles. The number of carbonyl (C=O) groups excluding carboxylic acids is 4. The smallest absolute Gasteiger partial charge is 0.312 e. The number of para-hydroxylation sites is 1. The number of H-pyrrole nitrogens is 1. The number of hydrazine groups is 1. The van der Waals surface area contributed by atoms with Gasteiger partial charge in [0, 0.05) is 56.5 Å². The van der Waals surface area contributed by atoms with Crippen LogP contribution in [0.2, 0.25) is 0 Å². The fraction of sp³-hybridized carbons (Fsp3) is 0.478. The summed E-state index contributed by atoms with van der Waals surface area (Å²) in [6.45, 7) is 2.48. The molecule has 0 fully saturated rings. The van der Waals surface area contributed by atoms with E-state index in [0.717, 1.165) is 16.5 Å². The molecule has 0 unspecified atom stereocenters. The third-order valence-electron chi connectivity index (χ3n) is 5.46. The molecule has 34 heavy (non-hydrogen) atoms. The van der Waals surface area contributed by atoms with Crippen molar-refractivity contribution in [2.24, 2.45) is 5.73 Å². The Morgan fingerprint density at radius 1 is 1.06 bits per heavy atom. The zero-order chi connectivity index (χ0) is 24.9. The van der Waals surface area contributed by atoms with Crippen LogP contribution in [0.15, 0.2) is 30.5 Å². The first-order valence-electron chi connectivity index (χ1n) is 11.5. The molecule has 1 heterocycles. The van der Waals surface area contributed by atoms with Crippen LogP contribution in [0.1, 0.15) is 38.2 Å². The third-order valence-corrected chi connectivity index (χ3v) is 5.46. The summed E-state index contributed by atoms with van der Waals surface area (Å²) in [5.74, 6) is -0.577. The number of ketones is 1. The van der Waals surface area contributed by atoms with Gasteiger partial charge in [-0.1, -0.05) is 25.1 Å². The van der Waals surface area contributed by atoms with Crippen LogP contribution >= 0.6 is 0 Å². The Hall–Kier alpha value is -3.44. The van der Waals surface area contributed by atoms with Crippen molar-refractivity contribution in [3.05, 3.63) is 36.0 Å². The molecule has 186 valence electrons. The van der Waals surface area contributed by atoms with Gasteiger partial charge in [0.25, 0.3) is 0 Å². The summed E-state index contributed by atoms with van der Waals surface area (Å²) in [5, 5.41) is 8.83. The first-order chi connectivity index (χ1) is 16.3. The number of amides is 4. The minimum atomic E-state index is -0.777. The van der Waals surface area contributed by atoms with Gasteiger partial charge in [0.2, 0.25) is 11.8 Å². The molecule has 11 heteroatoms. The molecule has 8 N–H and O–H groups in total. The quantitative estimate of drug-likeness (QED) is 0.144. The molecular formula is C23H35N7O4. The monoisotopic (exact) mass is 473 g/mol. The highest BCUT2D eigenvalue weighted by Gasteiger charge is 2.26. The number of likely N-dealkylation sites (N-methyl/N-ethyl adjacent to an activating group) is 1. The van der Waals surface area contributed by atoms with Crippen molar-refractivity contribution in [3.63, 3.8) is 0 Å². The van der Waals surface area contributed by atoms with Gasteiger partial charge in [0.1, 0.15) is 17.9 Å². The maximum absolute atomic E-state index is 13.2. The third kappa shape index (κ3) is 8.49. The second-order valence-corrected chi connectivity index (χ2v) is 7.94. The van der Waals surface area contributed by atoms with Crippen LogP contribution in [0.25, 0.3) is 10.9 Å². The van der Waals surface area contributed by atoms with Crippen molar-refractivity contribution in [2.75, 3.05) is 20.1 Å². The van der Waals surface area contributed by atoms with E-state index >= 15 is 0 Å². The number of aromatic amines is 1. The standard InChI is InChI=1S/C23H35N7O4/c1-3-16(31)10-12-28-30-20(13-15-14-27-18-8-5-4-7-17(15)18)22(33)29-19(21(32)25-2)9-6-11-26-23(24)34/h4-5,7-8,14,19-20,27-28,30H,3,6,9-13H2,1-2H3,(H,25,32)(H,29,33)(H3,24,26,34)/t19-,20-/m0/s1. The highest BCUT2D eigenvalue weighted by molar-refractivity contribution is 5.90. The summed E-state index contributed by atoms with van der Waals surface area (Å²) in [6.07, 6.45) is 3.80. The number of primary amides is 1.